The average molecular weight is 191 g/mol. The van der Waals surface area contributed by atoms with E-state index in [9.17, 15) is 4.79 Å². The van der Waals surface area contributed by atoms with Crippen LogP contribution >= 0.6 is 0 Å². The Morgan fingerprint density at radius 1 is 1.57 bits per heavy atom. The molecule has 0 saturated heterocycles. The highest BCUT2D eigenvalue weighted by Gasteiger charge is 2.26. The van der Waals surface area contributed by atoms with Crippen molar-refractivity contribution in [3.63, 3.8) is 0 Å². The van der Waals surface area contributed by atoms with Crippen molar-refractivity contribution in [1.82, 2.24) is 5.32 Å². The van der Waals surface area contributed by atoms with Crippen LogP contribution in [0.25, 0.3) is 0 Å². The molecule has 3 heteroatoms. The van der Waals surface area contributed by atoms with Gasteiger partial charge in [0.2, 0.25) is 0 Å². The summed E-state index contributed by atoms with van der Waals surface area (Å²) in [5, 5.41) is 2.81. The van der Waals surface area contributed by atoms with E-state index < -0.39 is 0 Å². The largest absolute Gasteiger partial charge is 0.450 e. The second-order valence-corrected chi connectivity index (χ2v) is 3.32. The van der Waals surface area contributed by atoms with Crippen LogP contribution < -0.4 is 5.32 Å². The van der Waals surface area contributed by atoms with Crippen LogP contribution in [-0.2, 0) is 11.2 Å². The third-order valence-corrected chi connectivity index (χ3v) is 2.42. The Labute approximate surface area is 83.1 Å². The standard InChI is InChI=1S/C11H13NO2/c1-2-14-11(13)12-10-7-8-5-3-4-6-9(8)10/h3-6,10H,2,7H2,1H3,(H,12,13). The Morgan fingerprint density at radius 2 is 2.36 bits per heavy atom. The molecule has 1 N–H and O–H groups in total. The maximum absolute atomic E-state index is 11.1. The molecule has 0 fully saturated rings. The van der Waals surface area contributed by atoms with Gasteiger partial charge in [0.25, 0.3) is 0 Å². The zero-order valence-electron chi connectivity index (χ0n) is 8.12. The topological polar surface area (TPSA) is 38.3 Å². The van der Waals surface area contributed by atoms with Crippen LogP contribution in [0.15, 0.2) is 24.3 Å². The molecule has 0 bridgehead atoms. The van der Waals surface area contributed by atoms with E-state index in [0.717, 1.165) is 6.42 Å². The normalized spacial score (nSPS) is 17.9. The summed E-state index contributed by atoms with van der Waals surface area (Å²) in [4.78, 5) is 11.1. The number of carbonyl (C=O) groups excluding carboxylic acids is 1. The molecule has 0 aromatic heterocycles. The summed E-state index contributed by atoms with van der Waals surface area (Å²) in [7, 11) is 0. The van der Waals surface area contributed by atoms with E-state index >= 15 is 0 Å². The van der Waals surface area contributed by atoms with Crippen molar-refractivity contribution in [2.75, 3.05) is 6.61 Å². The molecule has 1 unspecified atom stereocenters. The molecule has 0 radical (unpaired) electrons. The van der Waals surface area contributed by atoms with Gasteiger partial charge in [0.05, 0.1) is 12.6 Å². The van der Waals surface area contributed by atoms with Crippen molar-refractivity contribution in [2.24, 2.45) is 0 Å². The second-order valence-electron chi connectivity index (χ2n) is 3.32. The maximum Gasteiger partial charge on any atom is 0.407 e. The summed E-state index contributed by atoms with van der Waals surface area (Å²) in [6, 6.07) is 8.26. The van der Waals surface area contributed by atoms with Gasteiger partial charge in [-0.2, -0.15) is 0 Å². The smallest absolute Gasteiger partial charge is 0.407 e. The van der Waals surface area contributed by atoms with Crippen LogP contribution in [0.2, 0.25) is 0 Å². The molecule has 3 nitrogen and oxygen atoms in total. The summed E-state index contributed by atoms with van der Waals surface area (Å²) < 4.78 is 4.81. The number of amides is 1. The predicted molar refractivity (Wildman–Crippen MR) is 53.0 cm³/mol. The van der Waals surface area contributed by atoms with E-state index in [0.29, 0.717) is 6.61 Å². The van der Waals surface area contributed by atoms with E-state index in [-0.39, 0.29) is 12.1 Å². The summed E-state index contributed by atoms with van der Waals surface area (Å²) in [5.74, 6) is 0. The number of rotatable bonds is 2. The summed E-state index contributed by atoms with van der Waals surface area (Å²) >= 11 is 0. The zero-order chi connectivity index (χ0) is 9.97. The number of carbonyl (C=O) groups is 1. The Hall–Kier alpha value is -1.51. The van der Waals surface area contributed by atoms with Crippen molar-refractivity contribution in [3.05, 3.63) is 35.4 Å². The highest BCUT2D eigenvalue weighted by Crippen LogP contribution is 2.32. The highest BCUT2D eigenvalue weighted by atomic mass is 16.5. The third-order valence-electron chi connectivity index (χ3n) is 2.42. The van der Waals surface area contributed by atoms with Gasteiger partial charge in [0.1, 0.15) is 0 Å². The van der Waals surface area contributed by atoms with E-state index in [1.54, 1.807) is 6.92 Å². The first kappa shape index (κ1) is 9.06. The van der Waals surface area contributed by atoms with Crippen LogP contribution in [0.5, 0.6) is 0 Å². The van der Waals surface area contributed by atoms with Gasteiger partial charge >= 0.3 is 6.09 Å². The van der Waals surface area contributed by atoms with Crippen molar-refractivity contribution >= 4 is 6.09 Å². The van der Waals surface area contributed by atoms with Crippen LogP contribution in [-0.4, -0.2) is 12.7 Å². The molecule has 1 aliphatic carbocycles. The van der Waals surface area contributed by atoms with Gasteiger partial charge in [-0.3, -0.25) is 0 Å². The number of nitrogens with one attached hydrogen (secondary N) is 1. The molecule has 74 valence electrons. The van der Waals surface area contributed by atoms with E-state index in [1.807, 2.05) is 18.2 Å². The first-order valence-corrected chi connectivity index (χ1v) is 4.82. The van der Waals surface area contributed by atoms with Crippen molar-refractivity contribution in [2.45, 2.75) is 19.4 Å². The molecule has 14 heavy (non-hydrogen) atoms. The fourth-order valence-electron chi connectivity index (χ4n) is 1.70. The molecule has 1 amide bonds. The van der Waals surface area contributed by atoms with Crippen molar-refractivity contribution in [1.29, 1.82) is 0 Å². The number of hydrogen-bond acceptors (Lipinski definition) is 2. The zero-order valence-corrected chi connectivity index (χ0v) is 8.12. The summed E-state index contributed by atoms with van der Waals surface area (Å²) in [6.45, 7) is 2.22. The van der Waals surface area contributed by atoms with E-state index in [2.05, 4.69) is 11.4 Å². The number of alkyl carbamates (subject to hydrolysis) is 1. The second kappa shape index (κ2) is 3.70. The lowest BCUT2D eigenvalue weighted by Crippen LogP contribution is -2.35. The monoisotopic (exact) mass is 191 g/mol. The number of fused-ring (bicyclic) bond motifs is 1. The first-order chi connectivity index (χ1) is 6.81. The van der Waals surface area contributed by atoms with E-state index in [1.165, 1.54) is 11.1 Å². The molecule has 0 saturated carbocycles. The minimum atomic E-state index is -0.327. The fraction of sp³-hybridized carbons (Fsp3) is 0.364. The minimum Gasteiger partial charge on any atom is -0.450 e. The lowest BCUT2D eigenvalue weighted by Gasteiger charge is -2.30. The molecule has 1 aliphatic rings. The van der Waals surface area contributed by atoms with Gasteiger partial charge in [-0.1, -0.05) is 24.3 Å². The lowest BCUT2D eigenvalue weighted by atomic mass is 9.83. The Balaban J connectivity index is 1.96. The Bertz CT molecular complexity index is 349. The maximum atomic E-state index is 11.1. The van der Waals surface area contributed by atoms with Gasteiger partial charge in [0, 0.05) is 0 Å². The fourth-order valence-corrected chi connectivity index (χ4v) is 1.70. The SMILES string of the molecule is CCOC(=O)NC1Cc2ccccc21. The molecular formula is C11H13NO2. The molecule has 1 aromatic carbocycles. The quantitative estimate of drug-likeness (QED) is 0.776. The Morgan fingerprint density at radius 3 is 3.07 bits per heavy atom. The van der Waals surface area contributed by atoms with E-state index in [4.69, 9.17) is 4.74 Å². The van der Waals surface area contributed by atoms with Crippen LogP contribution in [0.4, 0.5) is 4.79 Å². The summed E-state index contributed by atoms with van der Waals surface area (Å²) in [6.07, 6.45) is 0.585. The molecule has 1 atom stereocenters. The average Bonchev–Trinajstić information content (AvgIpc) is 2.15. The van der Waals surface area contributed by atoms with Gasteiger partial charge in [-0.15, -0.1) is 0 Å². The van der Waals surface area contributed by atoms with Gasteiger partial charge in [-0.25, -0.2) is 4.79 Å². The van der Waals surface area contributed by atoms with Crippen molar-refractivity contribution < 1.29 is 9.53 Å². The number of ether oxygens (including phenoxy) is 1. The highest BCUT2D eigenvalue weighted by molar-refractivity contribution is 5.68. The molecule has 2 rings (SSSR count). The lowest BCUT2D eigenvalue weighted by molar-refractivity contribution is 0.146. The van der Waals surface area contributed by atoms with Crippen LogP contribution in [0.3, 0.4) is 0 Å². The van der Waals surface area contributed by atoms with Crippen LogP contribution in [0, 0.1) is 0 Å². The number of benzene rings is 1. The molecule has 0 spiro atoms. The Kier molecular flexibility index (Phi) is 2.39. The van der Waals surface area contributed by atoms with Gasteiger partial charge in [0.15, 0.2) is 0 Å². The van der Waals surface area contributed by atoms with Crippen molar-refractivity contribution in [3.8, 4) is 0 Å². The molecule has 0 aliphatic heterocycles. The van der Waals surface area contributed by atoms with Gasteiger partial charge < -0.3 is 10.1 Å². The minimum absolute atomic E-state index is 0.144. The van der Waals surface area contributed by atoms with Gasteiger partial charge in [-0.05, 0) is 24.5 Å². The predicted octanol–water partition coefficient (Wildman–Crippen LogP) is 2.03. The number of hydrogen-bond donors (Lipinski definition) is 1. The third kappa shape index (κ3) is 1.58. The van der Waals surface area contributed by atoms with Crippen LogP contribution in [0.1, 0.15) is 24.1 Å². The first-order valence-electron chi connectivity index (χ1n) is 4.82. The summed E-state index contributed by atoms with van der Waals surface area (Å²) in [5.41, 5.74) is 2.52. The molecule has 0 heterocycles. The molecular weight excluding hydrogens is 178 g/mol. The molecule has 1 aromatic rings.